The summed E-state index contributed by atoms with van der Waals surface area (Å²) in [6.45, 7) is 11.1. The molecule has 29 heavy (non-hydrogen) atoms. The van der Waals surface area contributed by atoms with Gasteiger partial charge in [-0.05, 0) is 52.0 Å². The van der Waals surface area contributed by atoms with E-state index in [9.17, 15) is 14.7 Å². The number of hydrogen-bond acceptors (Lipinski definition) is 5. The molecule has 1 atom stereocenters. The lowest BCUT2D eigenvalue weighted by Gasteiger charge is -2.25. The first-order valence-corrected chi connectivity index (χ1v) is 10.1. The maximum absolute atomic E-state index is 13.1. The minimum atomic E-state index is -0.763. The van der Waals surface area contributed by atoms with Crippen LogP contribution in [-0.2, 0) is 4.79 Å². The molecule has 0 aromatic carbocycles. The summed E-state index contributed by atoms with van der Waals surface area (Å²) >= 11 is 0. The molecule has 156 valence electrons. The fourth-order valence-electron chi connectivity index (χ4n) is 3.80. The number of amides is 1. The molecule has 3 rings (SSSR count). The number of furan rings is 2. The van der Waals surface area contributed by atoms with Gasteiger partial charge in [-0.3, -0.25) is 9.59 Å². The summed E-state index contributed by atoms with van der Waals surface area (Å²) in [5.74, 6) is 0.235. The number of nitrogens with zero attached hydrogens (tertiary/aromatic N) is 1. The van der Waals surface area contributed by atoms with Crippen LogP contribution in [-0.4, -0.2) is 47.9 Å². The van der Waals surface area contributed by atoms with Gasteiger partial charge in [0, 0.05) is 13.0 Å². The van der Waals surface area contributed by atoms with Crippen LogP contribution in [0.4, 0.5) is 0 Å². The van der Waals surface area contributed by atoms with Gasteiger partial charge < -0.3 is 23.7 Å². The van der Waals surface area contributed by atoms with Crippen molar-refractivity contribution < 1.29 is 28.4 Å². The lowest BCUT2D eigenvalue weighted by atomic mass is 9.99. The molecule has 0 saturated carbocycles. The summed E-state index contributed by atoms with van der Waals surface area (Å²) in [4.78, 5) is 28.9. The van der Waals surface area contributed by atoms with E-state index in [4.69, 9.17) is 8.83 Å². The highest BCUT2D eigenvalue weighted by Crippen LogP contribution is 2.39. The molecule has 0 unspecified atom stereocenters. The predicted molar refractivity (Wildman–Crippen MR) is 107 cm³/mol. The quantitative estimate of drug-likeness (QED) is 0.630. The number of aliphatic hydroxyl groups is 1. The van der Waals surface area contributed by atoms with Crippen molar-refractivity contribution in [3.63, 3.8) is 0 Å². The lowest BCUT2D eigenvalue weighted by molar-refractivity contribution is -0.896. The molecule has 0 saturated heterocycles. The van der Waals surface area contributed by atoms with E-state index in [1.165, 1.54) is 9.80 Å². The molecule has 1 amide bonds. The topological polar surface area (TPSA) is 88.3 Å². The smallest absolute Gasteiger partial charge is 0.290 e. The van der Waals surface area contributed by atoms with Crippen LogP contribution in [0.25, 0.3) is 0 Å². The van der Waals surface area contributed by atoms with Crippen LogP contribution in [0.15, 0.2) is 44.4 Å². The number of ketones is 1. The Bertz CT molecular complexity index is 919. The number of nitrogens with one attached hydrogen (secondary N) is 1. The zero-order chi connectivity index (χ0) is 21.1. The van der Waals surface area contributed by atoms with Gasteiger partial charge in [0.2, 0.25) is 5.78 Å². The van der Waals surface area contributed by atoms with Crippen molar-refractivity contribution >= 4 is 11.7 Å². The van der Waals surface area contributed by atoms with Crippen LogP contribution in [0.2, 0.25) is 0 Å². The molecule has 7 nitrogen and oxygen atoms in total. The number of rotatable bonds is 9. The lowest BCUT2D eigenvalue weighted by Crippen LogP contribution is -3.11. The first-order chi connectivity index (χ1) is 13.9. The van der Waals surface area contributed by atoms with E-state index in [1.54, 1.807) is 38.1 Å². The van der Waals surface area contributed by atoms with Crippen molar-refractivity contribution in [1.29, 1.82) is 0 Å². The van der Waals surface area contributed by atoms with Crippen LogP contribution in [0, 0.1) is 13.8 Å². The number of Topliss-reactive ketones (excluding diaryl/α,β-unsaturated/α-hetero) is 1. The molecule has 0 bridgehead atoms. The molecule has 2 aromatic rings. The van der Waals surface area contributed by atoms with Gasteiger partial charge in [-0.2, -0.15) is 0 Å². The highest BCUT2D eigenvalue weighted by molar-refractivity contribution is 6.14. The Labute approximate surface area is 170 Å². The normalized spacial score (nSPS) is 17.1. The Hall–Kier alpha value is -2.80. The average Bonchev–Trinajstić information content (AvgIpc) is 3.39. The Morgan fingerprint density at radius 1 is 1.10 bits per heavy atom. The summed E-state index contributed by atoms with van der Waals surface area (Å²) in [5, 5.41) is 10.6. The van der Waals surface area contributed by atoms with E-state index in [-0.39, 0.29) is 11.3 Å². The van der Waals surface area contributed by atoms with Crippen molar-refractivity contribution in [2.24, 2.45) is 0 Å². The number of aryl methyl sites for hydroxylation is 2. The summed E-state index contributed by atoms with van der Waals surface area (Å²) in [6.07, 6.45) is 0.757. The monoisotopic (exact) mass is 401 g/mol. The minimum absolute atomic E-state index is 0.00823. The average molecular weight is 401 g/mol. The van der Waals surface area contributed by atoms with E-state index in [0.29, 0.717) is 23.8 Å². The van der Waals surface area contributed by atoms with E-state index in [1.807, 2.05) is 0 Å². The van der Waals surface area contributed by atoms with E-state index < -0.39 is 23.5 Å². The second-order valence-electron chi connectivity index (χ2n) is 7.41. The van der Waals surface area contributed by atoms with Gasteiger partial charge in [0.25, 0.3) is 5.91 Å². The van der Waals surface area contributed by atoms with Crippen LogP contribution >= 0.6 is 0 Å². The van der Waals surface area contributed by atoms with E-state index >= 15 is 0 Å². The second-order valence-corrected chi connectivity index (χ2v) is 7.41. The first-order valence-electron chi connectivity index (χ1n) is 10.1. The number of aliphatic hydroxyl groups excluding tert-OH is 1. The standard InChI is InChI=1S/C22H28N2O5/c1-5-23(6-2)12-7-13-24-19(16-10-8-14(3)28-16)18(21(26)22(24)27)20(25)17-11-9-15(4)29-17/h8-11,19,26H,5-7,12-13H2,1-4H3/p+1/t19-/m0/s1. The summed E-state index contributed by atoms with van der Waals surface area (Å²) in [7, 11) is 0. The third kappa shape index (κ3) is 4.15. The fraction of sp³-hybridized carbons (Fsp3) is 0.455. The van der Waals surface area contributed by atoms with Gasteiger partial charge in [0.05, 0.1) is 25.2 Å². The van der Waals surface area contributed by atoms with Crippen LogP contribution in [0.5, 0.6) is 0 Å². The van der Waals surface area contributed by atoms with E-state index in [0.717, 1.165) is 26.1 Å². The number of carbonyl (C=O) groups excluding carboxylic acids is 2. The molecule has 1 aliphatic rings. The van der Waals surface area contributed by atoms with Crippen molar-refractivity contribution in [2.45, 2.75) is 40.2 Å². The molecular weight excluding hydrogens is 372 g/mol. The largest absolute Gasteiger partial charge is 0.503 e. The van der Waals surface area contributed by atoms with Gasteiger partial charge in [0.1, 0.15) is 23.3 Å². The molecule has 7 heteroatoms. The molecule has 2 aromatic heterocycles. The van der Waals surface area contributed by atoms with Gasteiger partial charge in [-0.25, -0.2) is 0 Å². The zero-order valence-corrected chi connectivity index (χ0v) is 17.4. The van der Waals surface area contributed by atoms with Crippen molar-refractivity contribution in [3.05, 3.63) is 58.6 Å². The predicted octanol–water partition coefficient (Wildman–Crippen LogP) is 2.38. The Kier molecular flexibility index (Phi) is 6.27. The van der Waals surface area contributed by atoms with Crippen molar-refractivity contribution in [1.82, 2.24) is 4.90 Å². The van der Waals surface area contributed by atoms with Crippen molar-refractivity contribution in [2.75, 3.05) is 26.2 Å². The molecule has 0 radical (unpaired) electrons. The Balaban J connectivity index is 1.91. The molecule has 0 aliphatic carbocycles. The van der Waals surface area contributed by atoms with Crippen LogP contribution in [0.3, 0.4) is 0 Å². The summed E-state index contributed by atoms with van der Waals surface area (Å²) in [5.41, 5.74) is 0.00823. The Morgan fingerprint density at radius 3 is 2.31 bits per heavy atom. The zero-order valence-electron chi connectivity index (χ0n) is 17.4. The maximum Gasteiger partial charge on any atom is 0.290 e. The van der Waals surface area contributed by atoms with Gasteiger partial charge in [-0.15, -0.1) is 0 Å². The number of quaternary nitrogens is 1. The van der Waals surface area contributed by atoms with Gasteiger partial charge >= 0.3 is 0 Å². The molecule has 2 N–H and O–H groups in total. The van der Waals surface area contributed by atoms with Crippen LogP contribution < -0.4 is 4.90 Å². The molecule has 0 spiro atoms. The Morgan fingerprint density at radius 2 is 1.76 bits per heavy atom. The number of carbonyl (C=O) groups is 2. The molecule has 3 heterocycles. The third-order valence-corrected chi connectivity index (χ3v) is 5.47. The molecule has 1 aliphatic heterocycles. The highest BCUT2D eigenvalue weighted by Gasteiger charge is 2.45. The maximum atomic E-state index is 13.1. The van der Waals surface area contributed by atoms with Crippen molar-refractivity contribution in [3.8, 4) is 0 Å². The summed E-state index contributed by atoms with van der Waals surface area (Å²) < 4.78 is 11.2. The molecule has 0 fully saturated rings. The third-order valence-electron chi connectivity index (χ3n) is 5.47. The fourth-order valence-corrected chi connectivity index (χ4v) is 3.80. The van der Waals surface area contributed by atoms with Gasteiger partial charge in [-0.1, -0.05) is 0 Å². The second kappa shape index (κ2) is 8.69. The molecular formula is C22H29N2O5+. The van der Waals surface area contributed by atoms with Gasteiger partial charge in [0.15, 0.2) is 11.5 Å². The van der Waals surface area contributed by atoms with Crippen LogP contribution in [0.1, 0.15) is 54.1 Å². The summed E-state index contributed by atoms with van der Waals surface area (Å²) in [6, 6.07) is 6.00. The highest BCUT2D eigenvalue weighted by atomic mass is 16.4. The first kappa shape index (κ1) is 20.9. The SMILES string of the molecule is CC[NH+](CC)CCCN1C(=O)C(O)=C(C(=O)c2ccc(C)o2)[C@@H]1c1ccc(C)o1. The van der Waals surface area contributed by atoms with E-state index in [2.05, 4.69) is 13.8 Å². The number of hydrogen-bond donors (Lipinski definition) is 2. The minimum Gasteiger partial charge on any atom is -0.503 e.